The third-order valence-corrected chi connectivity index (χ3v) is 6.04. The first-order valence-corrected chi connectivity index (χ1v) is 10.4. The van der Waals surface area contributed by atoms with Gasteiger partial charge < -0.3 is 9.47 Å². The molecule has 1 aliphatic rings. The maximum absolute atomic E-state index is 12.4. The largest absolute Gasteiger partial charge is 0.493 e. The quantitative estimate of drug-likeness (QED) is 0.407. The predicted molar refractivity (Wildman–Crippen MR) is 119 cm³/mol. The molecule has 0 aromatic heterocycles. The molecule has 2 aromatic rings. The Balaban J connectivity index is 1.78. The monoisotopic (exact) mass is 453 g/mol. The summed E-state index contributed by atoms with van der Waals surface area (Å²) in [7, 11) is 1.57. The van der Waals surface area contributed by atoms with E-state index < -0.39 is 0 Å². The van der Waals surface area contributed by atoms with Gasteiger partial charge in [0, 0.05) is 22.2 Å². The number of methoxy groups -OCH3 is 1. The van der Waals surface area contributed by atoms with Crippen molar-refractivity contribution in [2.24, 2.45) is 0 Å². The number of carbonyl (C=O) groups is 1. The van der Waals surface area contributed by atoms with Gasteiger partial charge in [-0.3, -0.25) is 9.69 Å². The number of ether oxygens (including phenoxy) is 2. The van der Waals surface area contributed by atoms with Gasteiger partial charge in [-0.25, -0.2) is 0 Å². The minimum absolute atomic E-state index is 0.0748. The standard InChI is InChI=1S/C20H17Cl2NO3S2/c1-3-23-19(24)18(28-20(23)27)9-12-4-7-16(17(8-12)25-2)26-11-13-5-6-14(21)10-15(13)22/h4-10H,3,11H2,1-2H3/b18-9+. The molecule has 0 bridgehead atoms. The van der Waals surface area contributed by atoms with E-state index in [1.165, 1.54) is 11.8 Å². The van der Waals surface area contributed by atoms with Crippen molar-refractivity contribution in [2.75, 3.05) is 13.7 Å². The molecular formula is C20H17Cl2NO3S2. The summed E-state index contributed by atoms with van der Waals surface area (Å²) in [6.45, 7) is 2.74. The minimum atomic E-state index is -0.0748. The molecule has 146 valence electrons. The van der Waals surface area contributed by atoms with E-state index in [0.29, 0.717) is 37.3 Å². The summed E-state index contributed by atoms with van der Waals surface area (Å²) in [5, 5.41) is 1.12. The number of hydrogen-bond donors (Lipinski definition) is 0. The van der Waals surface area contributed by atoms with E-state index in [2.05, 4.69) is 0 Å². The summed E-state index contributed by atoms with van der Waals surface area (Å²) < 4.78 is 11.9. The zero-order valence-electron chi connectivity index (χ0n) is 15.2. The highest BCUT2D eigenvalue weighted by atomic mass is 35.5. The molecule has 2 aromatic carbocycles. The van der Waals surface area contributed by atoms with E-state index in [0.717, 1.165) is 11.1 Å². The Hall–Kier alpha value is -1.73. The Bertz CT molecular complexity index is 962. The number of nitrogens with zero attached hydrogens (tertiary/aromatic N) is 1. The molecule has 4 nitrogen and oxygen atoms in total. The zero-order chi connectivity index (χ0) is 20.3. The lowest BCUT2D eigenvalue weighted by Crippen LogP contribution is -2.27. The molecule has 3 rings (SSSR count). The lowest BCUT2D eigenvalue weighted by atomic mass is 10.1. The number of halogens is 2. The van der Waals surface area contributed by atoms with E-state index in [1.54, 1.807) is 36.3 Å². The van der Waals surface area contributed by atoms with Gasteiger partial charge in [0.05, 0.1) is 12.0 Å². The van der Waals surface area contributed by atoms with Gasteiger partial charge in [0.25, 0.3) is 5.91 Å². The molecule has 1 saturated heterocycles. The summed E-state index contributed by atoms with van der Waals surface area (Å²) in [6.07, 6.45) is 1.80. The Kier molecular flexibility index (Phi) is 6.88. The lowest BCUT2D eigenvalue weighted by molar-refractivity contribution is -0.121. The molecule has 1 amide bonds. The summed E-state index contributed by atoms with van der Waals surface area (Å²) in [5.74, 6) is 1.06. The van der Waals surface area contributed by atoms with Crippen molar-refractivity contribution in [3.05, 3.63) is 62.5 Å². The van der Waals surface area contributed by atoms with Crippen molar-refractivity contribution in [1.82, 2.24) is 4.90 Å². The summed E-state index contributed by atoms with van der Waals surface area (Å²) in [5.41, 5.74) is 1.64. The second-order valence-electron chi connectivity index (χ2n) is 5.86. The fourth-order valence-corrected chi connectivity index (χ4v) is 4.46. The van der Waals surface area contributed by atoms with Crippen LogP contribution in [-0.2, 0) is 11.4 Å². The molecule has 1 aliphatic heterocycles. The third kappa shape index (κ3) is 4.63. The van der Waals surface area contributed by atoms with Crippen molar-refractivity contribution in [1.29, 1.82) is 0 Å². The van der Waals surface area contributed by atoms with Crippen LogP contribution >= 0.6 is 47.2 Å². The number of carbonyl (C=O) groups excluding carboxylic acids is 1. The van der Waals surface area contributed by atoms with Crippen LogP contribution in [0, 0.1) is 0 Å². The van der Waals surface area contributed by atoms with Crippen LogP contribution in [0.1, 0.15) is 18.1 Å². The van der Waals surface area contributed by atoms with Crippen LogP contribution in [-0.4, -0.2) is 28.8 Å². The number of likely N-dealkylation sites (N-methyl/N-ethyl adjacent to an activating group) is 1. The minimum Gasteiger partial charge on any atom is -0.493 e. The molecule has 1 fully saturated rings. The average molecular weight is 454 g/mol. The third-order valence-electron chi connectivity index (χ3n) is 4.07. The van der Waals surface area contributed by atoms with Gasteiger partial charge in [-0.2, -0.15) is 0 Å². The van der Waals surface area contributed by atoms with Crippen molar-refractivity contribution in [3.63, 3.8) is 0 Å². The van der Waals surface area contributed by atoms with Crippen LogP contribution in [0.4, 0.5) is 0 Å². The lowest BCUT2D eigenvalue weighted by Gasteiger charge is -2.12. The Morgan fingerprint density at radius 1 is 1.18 bits per heavy atom. The second kappa shape index (κ2) is 9.18. The molecule has 0 atom stereocenters. The topological polar surface area (TPSA) is 38.8 Å². The number of rotatable bonds is 6. The Morgan fingerprint density at radius 2 is 1.96 bits per heavy atom. The summed E-state index contributed by atoms with van der Waals surface area (Å²) >= 11 is 18.6. The molecule has 0 unspecified atom stereocenters. The molecule has 0 N–H and O–H groups in total. The van der Waals surface area contributed by atoms with Gasteiger partial charge >= 0.3 is 0 Å². The second-order valence-corrected chi connectivity index (χ2v) is 8.38. The number of thiocarbonyl (C=S) groups is 1. The number of benzene rings is 2. The molecule has 0 radical (unpaired) electrons. The molecule has 0 aliphatic carbocycles. The molecular weight excluding hydrogens is 437 g/mol. The highest BCUT2D eigenvalue weighted by Gasteiger charge is 2.30. The first-order chi connectivity index (χ1) is 13.4. The fourth-order valence-electron chi connectivity index (χ4n) is 2.61. The maximum atomic E-state index is 12.4. The Labute approximate surface area is 183 Å². The van der Waals surface area contributed by atoms with Crippen LogP contribution < -0.4 is 9.47 Å². The first-order valence-electron chi connectivity index (χ1n) is 8.43. The number of hydrogen-bond acceptors (Lipinski definition) is 5. The maximum Gasteiger partial charge on any atom is 0.266 e. The summed E-state index contributed by atoms with van der Waals surface area (Å²) in [4.78, 5) is 14.5. The van der Waals surface area contributed by atoms with Crippen LogP contribution in [0.5, 0.6) is 11.5 Å². The Morgan fingerprint density at radius 3 is 2.61 bits per heavy atom. The van der Waals surface area contributed by atoms with Crippen molar-refractivity contribution < 1.29 is 14.3 Å². The van der Waals surface area contributed by atoms with E-state index in [9.17, 15) is 4.79 Å². The highest BCUT2D eigenvalue weighted by Crippen LogP contribution is 2.35. The van der Waals surface area contributed by atoms with Crippen LogP contribution in [0.25, 0.3) is 6.08 Å². The zero-order valence-corrected chi connectivity index (χ0v) is 18.3. The van der Waals surface area contributed by atoms with E-state index >= 15 is 0 Å². The smallest absolute Gasteiger partial charge is 0.266 e. The van der Waals surface area contributed by atoms with Crippen LogP contribution in [0.2, 0.25) is 10.0 Å². The van der Waals surface area contributed by atoms with E-state index in [1.807, 2.05) is 25.1 Å². The van der Waals surface area contributed by atoms with Gasteiger partial charge in [0.15, 0.2) is 11.5 Å². The highest BCUT2D eigenvalue weighted by molar-refractivity contribution is 8.26. The van der Waals surface area contributed by atoms with Crippen molar-refractivity contribution >= 4 is 63.5 Å². The van der Waals surface area contributed by atoms with Crippen LogP contribution in [0.3, 0.4) is 0 Å². The predicted octanol–water partition coefficient (Wildman–Crippen LogP) is 5.80. The van der Waals surface area contributed by atoms with Gasteiger partial charge in [0.2, 0.25) is 0 Å². The molecule has 8 heteroatoms. The van der Waals surface area contributed by atoms with Crippen molar-refractivity contribution in [3.8, 4) is 11.5 Å². The van der Waals surface area contributed by atoms with Gasteiger partial charge in [-0.1, -0.05) is 59.3 Å². The van der Waals surface area contributed by atoms with Gasteiger partial charge in [-0.15, -0.1) is 0 Å². The van der Waals surface area contributed by atoms with Gasteiger partial charge in [-0.05, 0) is 42.8 Å². The SMILES string of the molecule is CCN1C(=O)/C(=C\c2ccc(OCc3ccc(Cl)cc3Cl)c(OC)c2)SC1=S. The summed E-state index contributed by atoms with van der Waals surface area (Å²) in [6, 6.07) is 10.7. The van der Waals surface area contributed by atoms with E-state index in [-0.39, 0.29) is 12.5 Å². The molecule has 0 spiro atoms. The van der Waals surface area contributed by atoms with Crippen molar-refractivity contribution in [2.45, 2.75) is 13.5 Å². The normalized spacial score (nSPS) is 15.4. The van der Waals surface area contributed by atoms with Gasteiger partial charge in [0.1, 0.15) is 10.9 Å². The number of thioether (sulfide) groups is 1. The molecule has 28 heavy (non-hydrogen) atoms. The van der Waals surface area contributed by atoms with E-state index in [4.69, 9.17) is 44.9 Å². The number of amides is 1. The average Bonchev–Trinajstić information content (AvgIpc) is 2.94. The van der Waals surface area contributed by atoms with Crippen LogP contribution in [0.15, 0.2) is 41.3 Å². The molecule has 0 saturated carbocycles. The first kappa shape index (κ1) is 21.0. The fraction of sp³-hybridized carbons (Fsp3) is 0.200. The molecule has 1 heterocycles.